The lowest BCUT2D eigenvalue weighted by Crippen LogP contribution is -2.24. The second-order valence-electron chi connectivity index (χ2n) is 2.01. The molecular formula is C6H6F3O2-. The molecule has 0 bridgehead atoms. The van der Waals surface area contributed by atoms with Crippen LogP contribution in [0.3, 0.4) is 0 Å². The summed E-state index contributed by atoms with van der Waals surface area (Å²) in [6.07, 6.45) is -6.11. The minimum atomic E-state index is -4.33. The minimum Gasteiger partial charge on any atom is -0.545 e. The van der Waals surface area contributed by atoms with Crippen molar-refractivity contribution < 1.29 is 23.1 Å². The summed E-state index contributed by atoms with van der Waals surface area (Å²) in [4.78, 5) is 9.84. The molecule has 0 aliphatic rings. The largest absolute Gasteiger partial charge is 0.545 e. The Balaban J connectivity index is 3.73. The van der Waals surface area contributed by atoms with Gasteiger partial charge in [-0.1, -0.05) is 6.58 Å². The fourth-order valence-electron chi connectivity index (χ4n) is 0.395. The standard InChI is InChI=1S/C6H7F3O2/c1-4(5(10)11)2-3-6(7,8)9/h1-3H2,(H,10,11)/p-1. The molecule has 11 heavy (non-hydrogen) atoms. The summed E-state index contributed by atoms with van der Waals surface area (Å²) >= 11 is 0. The van der Waals surface area contributed by atoms with E-state index in [0.29, 0.717) is 0 Å². The van der Waals surface area contributed by atoms with Crippen LogP contribution >= 0.6 is 0 Å². The molecule has 5 heteroatoms. The van der Waals surface area contributed by atoms with E-state index in [4.69, 9.17) is 0 Å². The summed E-state index contributed by atoms with van der Waals surface area (Å²) in [5.41, 5.74) is -0.526. The summed E-state index contributed by atoms with van der Waals surface area (Å²) in [6.45, 7) is 2.90. The molecule has 0 saturated carbocycles. The van der Waals surface area contributed by atoms with Crippen LogP contribution in [0.4, 0.5) is 13.2 Å². The van der Waals surface area contributed by atoms with Gasteiger partial charge in [0.25, 0.3) is 0 Å². The van der Waals surface area contributed by atoms with Gasteiger partial charge in [-0.3, -0.25) is 0 Å². The van der Waals surface area contributed by atoms with Crippen molar-refractivity contribution in [2.45, 2.75) is 19.0 Å². The van der Waals surface area contributed by atoms with Gasteiger partial charge in [0.2, 0.25) is 0 Å². The third-order valence-electron chi connectivity index (χ3n) is 0.999. The van der Waals surface area contributed by atoms with E-state index in [1.807, 2.05) is 0 Å². The van der Waals surface area contributed by atoms with E-state index in [0.717, 1.165) is 0 Å². The number of hydrogen-bond acceptors (Lipinski definition) is 2. The number of carbonyl (C=O) groups excluding carboxylic acids is 1. The van der Waals surface area contributed by atoms with Crippen LogP contribution in [0.2, 0.25) is 0 Å². The van der Waals surface area contributed by atoms with Crippen molar-refractivity contribution in [3.05, 3.63) is 12.2 Å². The highest BCUT2D eigenvalue weighted by Crippen LogP contribution is 2.22. The molecule has 0 aromatic carbocycles. The van der Waals surface area contributed by atoms with Crippen molar-refractivity contribution >= 4 is 5.97 Å². The molecule has 0 amide bonds. The van der Waals surface area contributed by atoms with Gasteiger partial charge < -0.3 is 9.90 Å². The average Bonchev–Trinajstić information content (AvgIpc) is 1.80. The molecule has 2 nitrogen and oxygen atoms in total. The maximum atomic E-state index is 11.4. The lowest BCUT2D eigenvalue weighted by Gasteiger charge is -2.08. The van der Waals surface area contributed by atoms with Gasteiger partial charge >= 0.3 is 6.18 Å². The number of aliphatic carboxylic acids is 1. The molecule has 0 aliphatic heterocycles. The van der Waals surface area contributed by atoms with Crippen molar-refractivity contribution in [1.82, 2.24) is 0 Å². The first-order chi connectivity index (χ1) is 4.83. The minimum absolute atomic E-state index is 0.526. The van der Waals surface area contributed by atoms with Crippen LogP contribution < -0.4 is 5.11 Å². The normalized spacial score (nSPS) is 11.2. The van der Waals surface area contributed by atoms with E-state index in [1.54, 1.807) is 0 Å². The zero-order valence-corrected chi connectivity index (χ0v) is 5.57. The first-order valence-corrected chi connectivity index (χ1v) is 2.79. The highest BCUT2D eigenvalue weighted by molar-refractivity contribution is 5.83. The molecule has 0 fully saturated rings. The lowest BCUT2D eigenvalue weighted by molar-refractivity contribution is -0.299. The Bertz CT molecular complexity index is 171. The lowest BCUT2D eigenvalue weighted by atomic mass is 10.2. The van der Waals surface area contributed by atoms with Crippen LogP contribution in [0.15, 0.2) is 12.2 Å². The Kier molecular flexibility index (Phi) is 3.10. The van der Waals surface area contributed by atoms with Crippen LogP contribution in [0, 0.1) is 0 Å². The summed E-state index contributed by atoms with van der Waals surface area (Å²) in [6, 6.07) is 0. The van der Waals surface area contributed by atoms with Crippen LogP contribution in [-0.4, -0.2) is 12.1 Å². The topological polar surface area (TPSA) is 40.1 Å². The third kappa shape index (κ3) is 5.44. The van der Waals surface area contributed by atoms with E-state index >= 15 is 0 Å². The second kappa shape index (κ2) is 3.41. The molecule has 0 N–H and O–H groups in total. The van der Waals surface area contributed by atoms with Crippen molar-refractivity contribution in [2.24, 2.45) is 0 Å². The smallest absolute Gasteiger partial charge is 0.389 e. The van der Waals surface area contributed by atoms with Crippen molar-refractivity contribution in [2.75, 3.05) is 0 Å². The van der Waals surface area contributed by atoms with Gasteiger partial charge in [-0.2, -0.15) is 13.2 Å². The van der Waals surface area contributed by atoms with Gasteiger partial charge in [0.15, 0.2) is 0 Å². The van der Waals surface area contributed by atoms with Gasteiger partial charge in [-0.25, -0.2) is 0 Å². The molecule has 0 aromatic heterocycles. The summed E-state index contributed by atoms with van der Waals surface area (Å²) in [5, 5.41) is 9.84. The zero-order valence-electron chi connectivity index (χ0n) is 5.57. The Labute approximate surface area is 61.3 Å². The number of rotatable bonds is 3. The average molecular weight is 167 g/mol. The van der Waals surface area contributed by atoms with E-state index in [9.17, 15) is 23.1 Å². The van der Waals surface area contributed by atoms with Crippen molar-refractivity contribution in [3.63, 3.8) is 0 Å². The molecule has 0 spiro atoms. The Morgan fingerprint density at radius 2 is 1.91 bits per heavy atom. The predicted molar refractivity (Wildman–Crippen MR) is 29.4 cm³/mol. The van der Waals surface area contributed by atoms with Gasteiger partial charge in [-0.05, 0) is 12.0 Å². The van der Waals surface area contributed by atoms with Gasteiger partial charge in [0.05, 0.1) is 5.97 Å². The quantitative estimate of drug-likeness (QED) is 0.578. The molecule has 0 saturated heterocycles. The first kappa shape index (κ1) is 10.0. The van der Waals surface area contributed by atoms with Crippen LogP contribution in [0.5, 0.6) is 0 Å². The van der Waals surface area contributed by atoms with Gasteiger partial charge in [0.1, 0.15) is 0 Å². The van der Waals surface area contributed by atoms with Crippen molar-refractivity contribution in [1.29, 1.82) is 0 Å². The number of halogens is 3. The number of carboxylic acids is 1. The molecule has 64 valence electrons. The first-order valence-electron chi connectivity index (χ1n) is 2.79. The second-order valence-corrected chi connectivity index (χ2v) is 2.01. The maximum absolute atomic E-state index is 11.4. The highest BCUT2D eigenvalue weighted by Gasteiger charge is 2.26. The van der Waals surface area contributed by atoms with Gasteiger partial charge in [0, 0.05) is 6.42 Å². The van der Waals surface area contributed by atoms with Gasteiger partial charge in [-0.15, -0.1) is 0 Å². The highest BCUT2D eigenvalue weighted by atomic mass is 19.4. The molecule has 0 radical (unpaired) electrons. The van der Waals surface area contributed by atoms with E-state index < -0.39 is 30.6 Å². The van der Waals surface area contributed by atoms with E-state index in [1.165, 1.54) is 0 Å². The van der Waals surface area contributed by atoms with E-state index in [-0.39, 0.29) is 0 Å². The maximum Gasteiger partial charge on any atom is 0.389 e. The monoisotopic (exact) mass is 167 g/mol. The summed E-state index contributed by atoms with van der Waals surface area (Å²) < 4.78 is 34.3. The molecule has 0 atom stereocenters. The Morgan fingerprint density at radius 1 is 1.45 bits per heavy atom. The third-order valence-corrected chi connectivity index (χ3v) is 0.999. The number of carbonyl (C=O) groups is 1. The molecule has 0 heterocycles. The number of hydrogen-bond donors (Lipinski definition) is 0. The number of carboxylic acid groups (broad SMARTS) is 1. The molecule has 0 aromatic rings. The van der Waals surface area contributed by atoms with Crippen LogP contribution in [-0.2, 0) is 4.79 Å². The zero-order chi connectivity index (χ0) is 9.07. The molecule has 0 rings (SSSR count). The molecule has 0 aliphatic carbocycles. The molecule has 0 unspecified atom stereocenters. The Hall–Kier alpha value is -1.00. The van der Waals surface area contributed by atoms with Crippen LogP contribution in [0.25, 0.3) is 0 Å². The van der Waals surface area contributed by atoms with Crippen molar-refractivity contribution in [3.8, 4) is 0 Å². The Morgan fingerprint density at radius 3 is 2.18 bits per heavy atom. The fraction of sp³-hybridized carbons (Fsp3) is 0.500. The molecular weight excluding hydrogens is 161 g/mol. The summed E-state index contributed by atoms with van der Waals surface area (Å²) in [7, 11) is 0. The predicted octanol–water partition coefficient (Wildman–Crippen LogP) is 0.635. The SMILES string of the molecule is C=C(CCC(F)(F)F)C(=O)[O-]. The van der Waals surface area contributed by atoms with E-state index in [2.05, 4.69) is 6.58 Å². The number of alkyl halides is 3. The fourth-order valence-corrected chi connectivity index (χ4v) is 0.395. The van der Waals surface area contributed by atoms with Crippen LogP contribution in [0.1, 0.15) is 12.8 Å². The summed E-state index contributed by atoms with van der Waals surface area (Å²) in [5.74, 6) is -1.63.